The fraction of sp³-hybridized carbons (Fsp3) is 0.318. The molecule has 4 aromatic rings. The predicted octanol–water partition coefficient (Wildman–Crippen LogP) is 4.68. The van der Waals surface area contributed by atoms with Gasteiger partial charge in [-0.1, -0.05) is 22.9 Å². The molecular weight excluding hydrogens is 418 g/mol. The van der Waals surface area contributed by atoms with Gasteiger partial charge in [-0.05, 0) is 54.5 Å². The van der Waals surface area contributed by atoms with Crippen LogP contribution in [0.4, 0.5) is 0 Å². The Balaban J connectivity index is 1.37. The minimum atomic E-state index is 0.121. The van der Waals surface area contributed by atoms with Crippen molar-refractivity contribution in [1.29, 1.82) is 0 Å². The van der Waals surface area contributed by atoms with E-state index in [-0.39, 0.29) is 12.2 Å². The third-order valence-corrected chi connectivity index (χ3v) is 6.56. The van der Waals surface area contributed by atoms with E-state index in [9.17, 15) is 4.79 Å². The second-order valence-corrected chi connectivity index (χ2v) is 9.35. The van der Waals surface area contributed by atoms with Crippen molar-refractivity contribution in [3.05, 3.63) is 57.4 Å². The normalized spacial score (nSPS) is 13.8. The lowest BCUT2D eigenvalue weighted by Crippen LogP contribution is -2.09. The molecule has 0 aliphatic heterocycles. The molecule has 4 heterocycles. The zero-order valence-electron chi connectivity index (χ0n) is 16.7. The van der Waals surface area contributed by atoms with Gasteiger partial charge < -0.3 is 0 Å². The van der Waals surface area contributed by atoms with Crippen LogP contribution in [-0.2, 0) is 24.7 Å². The molecule has 8 heteroatoms. The fourth-order valence-electron chi connectivity index (χ4n) is 3.88. The van der Waals surface area contributed by atoms with Crippen LogP contribution >= 0.6 is 22.9 Å². The Morgan fingerprint density at radius 2 is 2.10 bits per heavy atom. The maximum atomic E-state index is 12.9. The van der Waals surface area contributed by atoms with Crippen molar-refractivity contribution in [2.24, 2.45) is 7.05 Å². The summed E-state index contributed by atoms with van der Waals surface area (Å²) >= 11 is 8.06. The van der Waals surface area contributed by atoms with Gasteiger partial charge in [0.25, 0.3) is 0 Å². The molecule has 0 aromatic carbocycles. The minimum absolute atomic E-state index is 0.121. The van der Waals surface area contributed by atoms with E-state index in [2.05, 4.69) is 20.1 Å². The molecule has 4 aromatic heterocycles. The lowest BCUT2D eigenvalue weighted by atomic mass is 9.98. The predicted molar refractivity (Wildman–Crippen MR) is 118 cm³/mol. The number of hydrogen-bond acceptors (Lipinski definition) is 6. The summed E-state index contributed by atoms with van der Waals surface area (Å²) in [5.41, 5.74) is 5.52. The lowest BCUT2D eigenvalue weighted by Gasteiger charge is -2.10. The Kier molecular flexibility index (Phi) is 4.87. The Morgan fingerprint density at radius 3 is 2.80 bits per heavy atom. The smallest absolute Gasteiger partial charge is 0.143 e. The highest BCUT2D eigenvalue weighted by molar-refractivity contribution is 7.18. The van der Waals surface area contributed by atoms with Crippen LogP contribution in [0.3, 0.4) is 0 Å². The number of Topliss-reactive ketones (excluding diaryl/α,β-unsaturated/α-hetero) is 1. The first-order chi connectivity index (χ1) is 14.5. The largest absolute Gasteiger partial charge is 0.299 e. The van der Waals surface area contributed by atoms with Crippen molar-refractivity contribution < 1.29 is 4.79 Å². The first-order valence-corrected chi connectivity index (χ1v) is 11.1. The molecule has 152 valence electrons. The number of hydrogen-bond donors (Lipinski definition) is 0. The van der Waals surface area contributed by atoms with E-state index in [0.29, 0.717) is 23.1 Å². The molecule has 0 unspecified atom stereocenters. The number of fused-ring (bicyclic) bond motifs is 1. The van der Waals surface area contributed by atoms with Crippen molar-refractivity contribution >= 4 is 39.1 Å². The summed E-state index contributed by atoms with van der Waals surface area (Å²) in [6, 6.07) is 3.68. The first kappa shape index (κ1) is 19.3. The number of halogens is 1. The second kappa shape index (κ2) is 7.56. The number of nitrogens with zero attached hydrogens (tertiary/aromatic N) is 5. The van der Waals surface area contributed by atoms with Crippen LogP contribution in [0.5, 0.6) is 0 Å². The number of aromatic nitrogens is 5. The monoisotopic (exact) mass is 437 g/mol. The number of thiazole rings is 1. The van der Waals surface area contributed by atoms with Crippen molar-refractivity contribution in [2.75, 3.05) is 0 Å². The molecule has 0 atom stereocenters. The maximum Gasteiger partial charge on any atom is 0.143 e. The molecule has 1 aliphatic rings. The Bertz CT molecular complexity index is 1270. The summed E-state index contributed by atoms with van der Waals surface area (Å²) in [4.78, 5) is 27.6. The highest BCUT2D eigenvalue weighted by Crippen LogP contribution is 2.45. The SMILES string of the molecule is Cc1nc2c(C3CC3)c(CC(=O)Cc3cnc(-c4ccnn4C)c(Cl)c3)cnc2s1. The number of aryl methyl sites for hydroxylation is 2. The molecule has 1 saturated carbocycles. The van der Waals surface area contributed by atoms with Gasteiger partial charge >= 0.3 is 0 Å². The molecule has 0 amide bonds. The van der Waals surface area contributed by atoms with Crippen molar-refractivity contribution in [3.8, 4) is 11.4 Å². The highest BCUT2D eigenvalue weighted by atomic mass is 35.5. The highest BCUT2D eigenvalue weighted by Gasteiger charge is 2.30. The number of ketones is 1. The number of carbonyl (C=O) groups is 1. The van der Waals surface area contributed by atoms with Crippen LogP contribution < -0.4 is 0 Å². The quantitative estimate of drug-likeness (QED) is 0.438. The summed E-state index contributed by atoms with van der Waals surface area (Å²) in [6.07, 6.45) is 8.25. The van der Waals surface area contributed by atoms with E-state index < -0.39 is 0 Å². The summed E-state index contributed by atoms with van der Waals surface area (Å²) < 4.78 is 1.72. The fourth-order valence-corrected chi connectivity index (χ4v) is 4.94. The number of rotatable bonds is 6. The molecule has 6 nitrogen and oxygen atoms in total. The van der Waals surface area contributed by atoms with Crippen LogP contribution in [0.25, 0.3) is 21.7 Å². The van der Waals surface area contributed by atoms with Gasteiger partial charge in [-0.3, -0.25) is 14.5 Å². The van der Waals surface area contributed by atoms with Gasteiger partial charge in [-0.15, -0.1) is 0 Å². The van der Waals surface area contributed by atoms with Gasteiger partial charge in [0, 0.05) is 38.5 Å². The van der Waals surface area contributed by atoms with E-state index in [1.165, 1.54) is 5.56 Å². The molecule has 5 rings (SSSR count). The molecule has 0 spiro atoms. The number of carbonyl (C=O) groups excluding carboxylic acids is 1. The second-order valence-electron chi connectivity index (χ2n) is 7.76. The van der Waals surface area contributed by atoms with Crippen molar-refractivity contribution in [2.45, 2.75) is 38.5 Å². The Hall–Kier alpha value is -2.64. The van der Waals surface area contributed by atoms with E-state index >= 15 is 0 Å². The molecule has 0 saturated heterocycles. The number of pyridine rings is 2. The first-order valence-electron chi connectivity index (χ1n) is 9.89. The van der Waals surface area contributed by atoms with Crippen LogP contribution in [0.2, 0.25) is 5.02 Å². The van der Waals surface area contributed by atoms with Gasteiger partial charge in [0.15, 0.2) is 0 Å². The lowest BCUT2D eigenvalue weighted by molar-refractivity contribution is -0.117. The van der Waals surface area contributed by atoms with Gasteiger partial charge in [-0.2, -0.15) is 5.10 Å². The topological polar surface area (TPSA) is 73.6 Å². The van der Waals surface area contributed by atoms with Crippen LogP contribution in [0.15, 0.2) is 30.7 Å². The third kappa shape index (κ3) is 3.63. The zero-order valence-corrected chi connectivity index (χ0v) is 18.3. The summed E-state index contributed by atoms with van der Waals surface area (Å²) in [7, 11) is 1.84. The van der Waals surface area contributed by atoms with Crippen LogP contribution in [-0.4, -0.2) is 30.5 Å². The third-order valence-electron chi connectivity index (χ3n) is 5.39. The maximum absolute atomic E-state index is 12.9. The summed E-state index contributed by atoms with van der Waals surface area (Å²) in [6.45, 7) is 2.00. The Labute approximate surface area is 183 Å². The summed E-state index contributed by atoms with van der Waals surface area (Å²) in [5, 5.41) is 5.68. The standard InChI is InChI=1S/C22H20ClN5OS/c1-12-27-21-19(14-3-4-14)15(11-25-22(21)30-12)9-16(29)7-13-8-17(23)20(24-10-13)18-5-6-26-28(18)2/h5-6,8,10-11,14H,3-4,7,9H2,1-2H3. The van der Waals surface area contributed by atoms with Crippen molar-refractivity contribution in [3.63, 3.8) is 0 Å². The molecule has 0 N–H and O–H groups in total. The minimum Gasteiger partial charge on any atom is -0.299 e. The van der Waals surface area contributed by atoms with E-state index in [1.807, 2.05) is 32.3 Å². The average Bonchev–Trinajstić information content (AvgIpc) is 3.33. The van der Waals surface area contributed by atoms with Gasteiger partial charge in [0.1, 0.15) is 21.8 Å². The van der Waals surface area contributed by atoms with Crippen LogP contribution in [0.1, 0.15) is 40.5 Å². The van der Waals surface area contributed by atoms with E-state index in [4.69, 9.17) is 11.6 Å². The molecule has 30 heavy (non-hydrogen) atoms. The van der Waals surface area contributed by atoms with Gasteiger partial charge in [0.2, 0.25) is 0 Å². The molecule has 1 aliphatic carbocycles. The molecule has 1 fully saturated rings. The zero-order chi connectivity index (χ0) is 20.8. The van der Waals surface area contributed by atoms with Crippen molar-refractivity contribution in [1.82, 2.24) is 24.7 Å². The van der Waals surface area contributed by atoms with E-state index in [1.54, 1.807) is 28.4 Å². The Morgan fingerprint density at radius 1 is 1.27 bits per heavy atom. The van der Waals surface area contributed by atoms with Gasteiger partial charge in [0.05, 0.1) is 15.7 Å². The van der Waals surface area contributed by atoms with Crippen LogP contribution in [0, 0.1) is 6.92 Å². The average molecular weight is 438 g/mol. The molecule has 0 radical (unpaired) electrons. The molecular formula is C22H20ClN5OS. The van der Waals surface area contributed by atoms with Gasteiger partial charge in [-0.25, -0.2) is 9.97 Å². The summed E-state index contributed by atoms with van der Waals surface area (Å²) in [5.74, 6) is 0.630. The van der Waals surface area contributed by atoms with E-state index in [0.717, 1.165) is 45.0 Å². The molecule has 0 bridgehead atoms.